The summed E-state index contributed by atoms with van der Waals surface area (Å²) in [5.74, 6) is -0.727. The van der Waals surface area contributed by atoms with Gasteiger partial charge in [0.1, 0.15) is 5.78 Å². The van der Waals surface area contributed by atoms with Crippen LogP contribution in [-0.2, 0) is 14.3 Å². The molecule has 154 valence electrons. The summed E-state index contributed by atoms with van der Waals surface area (Å²) in [4.78, 5) is 44.0. The van der Waals surface area contributed by atoms with E-state index in [1.165, 1.54) is 0 Å². The van der Waals surface area contributed by atoms with Crippen LogP contribution in [0.2, 0.25) is 0 Å². The Bertz CT molecular complexity index is 987. The Morgan fingerprint density at radius 1 is 1.07 bits per heavy atom. The number of aryl methyl sites for hydroxylation is 2. The number of ether oxygens (including phenoxy) is 1. The summed E-state index contributed by atoms with van der Waals surface area (Å²) in [7, 11) is 0. The maximum atomic E-state index is 13.0. The highest BCUT2D eigenvalue weighted by Gasteiger charge is 2.47. The van der Waals surface area contributed by atoms with Crippen molar-refractivity contribution in [2.75, 3.05) is 6.61 Å². The number of amides is 1. The van der Waals surface area contributed by atoms with Crippen LogP contribution in [0.3, 0.4) is 0 Å². The molecule has 3 rings (SSSR count). The van der Waals surface area contributed by atoms with Crippen LogP contribution in [-0.4, -0.2) is 45.2 Å². The quantitative estimate of drug-likeness (QED) is 0.739. The Balaban J connectivity index is 1.81. The molecule has 1 saturated heterocycles. The van der Waals surface area contributed by atoms with Crippen LogP contribution in [0.5, 0.6) is 0 Å². The molecule has 0 unspecified atom stereocenters. The van der Waals surface area contributed by atoms with Crippen LogP contribution >= 0.6 is 0 Å². The molecule has 1 aliphatic rings. The second-order valence-corrected chi connectivity index (χ2v) is 9.04. The largest absolute Gasteiger partial charge is 0.452 e. The minimum absolute atomic E-state index is 0.134. The van der Waals surface area contributed by atoms with E-state index in [0.29, 0.717) is 24.1 Å². The van der Waals surface area contributed by atoms with E-state index in [0.717, 1.165) is 16.5 Å². The number of para-hydroxylation sites is 1. The van der Waals surface area contributed by atoms with E-state index in [-0.39, 0.29) is 18.3 Å². The van der Waals surface area contributed by atoms with E-state index in [9.17, 15) is 14.4 Å². The number of piperidine rings is 1. The van der Waals surface area contributed by atoms with Crippen LogP contribution in [0, 0.1) is 13.8 Å². The van der Waals surface area contributed by atoms with Crippen molar-refractivity contribution in [3.05, 3.63) is 41.1 Å². The first-order chi connectivity index (χ1) is 13.4. The van der Waals surface area contributed by atoms with Gasteiger partial charge in [0.05, 0.1) is 16.8 Å². The van der Waals surface area contributed by atoms with Crippen molar-refractivity contribution in [1.82, 2.24) is 9.88 Å². The number of rotatable bonds is 3. The number of pyridine rings is 1. The van der Waals surface area contributed by atoms with Crippen LogP contribution in [0.15, 0.2) is 24.3 Å². The maximum absolute atomic E-state index is 13.0. The third-order valence-corrected chi connectivity index (χ3v) is 5.58. The van der Waals surface area contributed by atoms with E-state index in [1.54, 1.807) is 11.8 Å². The van der Waals surface area contributed by atoms with Gasteiger partial charge in [0.2, 0.25) is 0 Å². The highest BCUT2D eigenvalue weighted by atomic mass is 16.5. The number of carbonyl (C=O) groups is 3. The molecular formula is C23H28N2O4. The first kappa shape index (κ1) is 21.0. The van der Waals surface area contributed by atoms with Gasteiger partial charge in [-0.05, 0) is 53.2 Å². The Morgan fingerprint density at radius 3 is 2.28 bits per heavy atom. The number of fused-ring (bicyclic) bond motifs is 1. The molecule has 0 saturated carbocycles. The van der Waals surface area contributed by atoms with Crippen molar-refractivity contribution in [3.8, 4) is 0 Å². The van der Waals surface area contributed by atoms with Gasteiger partial charge in [0.15, 0.2) is 6.61 Å². The summed E-state index contributed by atoms with van der Waals surface area (Å²) in [6, 6.07) is 7.61. The second-order valence-electron chi connectivity index (χ2n) is 9.04. The predicted octanol–water partition coefficient (Wildman–Crippen LogP) is 3.76. The third kappa shape index (κ3) is 3.88. The lowest BCUT2D eigenvalue weighted by Crippen LogP contribution is -2.63. The molecule has 6 heteroatoms. The molecule has 0 N–H and O–H groups in total. The van der Waals surface area contributed by atoms with Crippen molar-refractivity contribution in [2.45, 2.75) is 65.5 Å². The van der Waals surface area contributed by atoms with Crippen LogP contribution in [0.1, 0.15) is 62.2 Å². The van der Waals surface area contributed by atoms with Crippen LogP contribution in [0.25, 0.3) is 10.9 Å². The smallest absolute Gasteiger partial charge is 0.340 e. The highest BCUT2D eigenvalue weighted by molar-refractivity contribution is 5.99. The normalized spacial score (nSPS) is 18.0. The Morgan fingerprint density at radius 2 is 1.66 bits per heavy atom. The summed E-state index contributed by atoms with van der Waals surface area (Å²) in [6.45, 7) is 10.7. The summed E-state index contributed by atoms with van der Waals surface area (Å²) in [5.41, 5.74) is 1.32. The zero-order valence-electron chi connectivity index (χ0n) is 18.0. The molecule has 6 nitrogen and oxygen atoms in total. The summed E-state index contributed by atoms with van der Waals surface area (Å²) >= 11 is 0. The fourth-order valence-electron chi connectivity index (χ4n) is 4.78. The number of aromatic nitrogens is 1. The molecule has 0 radical (unpaired) electrons. The molecule has 1 aromatic heterocycles. The molecular weight excluding hydrogens is 368 g/mol. The van der Waals surface area contributed by atoms with Gasteiger partial charge in [-0.25, -0.2) is 4.79 Å². The molecule has 0 bridgehead atoms. The molecule has 0 spiro atoms. The van der Waals surface area contributed by atoms with Gasteiger partial charge in [-0.1, -0.05) is 18.2 Å². The van der Waals surface area contributed by atoms with E-state index in [4.69, 9.17) is 4.74 Å². The molecule has 29 heavy (non-hydrogen) atoms. The van der Waals surface area contributed by atoms with E-state index >= 15 is 0 Å². The Hall–Kier alpha value is -2.76. The Labute approximate surface area is 171 Å². The van der Waals surface area contributed by atoms with E-state index in [2.05, 4.69) is 4.98 Å². The highest BCUT2D eigenvalue weighted by Crippen LogP contribution is 2.36. The number of nitrogens with zero attached hydrogens (tertiary/aromatic N) is 2. The van der Waals surface area contributed by atoms with E-state index in [1.807, 2.05) is 58.9 Å². The minimum atomic E-state index is -0.626. The number of carbonyl (C=O) groups excluding carboxylic acids is 3. The summed E-state index contributed by atoms with van der Waals surface area (Å²) in [6.07, 6.45) is 0.589. The van der Waals surface area contributed by atoms with Crippen molar-refractivity contribution in [2.24, 2.45) is 0 Å². The number of likely N-dealkylation sites (tertiary alicyclic amines) is 1. The van der Waals surface area contributed by atoms with Crippen molar-refractivity contribution < 1.29 is 19.1 Å². The average molecular weight is 396 g/mol. The molecule has 0 aliphatic carbocycles. The van der Waals surface area contributed by atoms with Gasteiger partial charge in [0.25, 0.3) is 5.91 Å². The molecule has 1 fully saturated rings. The lowest BCUT2D eigenvalue weighted by molar-refractivity contribution is -0.156. The number of esters is 1. The summed E-state index contributed by atoms with van der Waals surface area (Å²) < 4.78 is 5.41. The molecule has 0 atom stereocenters. The lowest BCUT2D eigenvalue weighted by atomic mass is 9.79. The monoisotopic (exact) mass is 396 g/mol. The molecule has 2 heterocycles. The zero-order chi connectivity index (χ0) is 21.6. The molecule has 2 aromatic rings. The van der Waals surface area contributed by atoms with Gasteiger partial charge < -0.3 is 9.64 Å². The number of ketones is 1. The van der Waals surface area contributed by atoms with Gasteiger partial charge in [0, 0.05) is 29.3 Å². The van der Waals surface area contributed by atoms with Crippen molar-refractivity contribution in [1.29, 1.82) is 0 Å². The lowest BCUT2D eigenvalue weighted by Gasteiger charge is -2.51. The number of Topliss-reactive ketones (excluding diaryl/α,β-unsaturated/α-hetero) is 1. The zero-order valence-corrected chi connectivity index (χ0v) is 18.0. The first-order valence-electron chi connectivity index (χ1n) is 9.82. The van der Waals surface area contributed by atoms with E-state index < -0.39 is 17.0 Å². The van der Waals surface area contributed by atoms with Gasteiger partial charge in [-0.3, -0.25) is 14.6 Å². The van der Waals surface area contributed by atoms with Crippen LogP contribution in [0.4, 0.5) is 0 Å². The molecule has 1 amide bonds. The predicted molar refractivity (Wildman–Crippen MR) is 111 cm³/mol. The van der Waals surface area contributed by atoms with Crippen molar-refractivity contribution >= 4 is 28.6 Å². The standard InChI is InChI=1S/C23H28N2O4/c1-14-17-9-7-8-10-18(17)24-15(2)20(14)21(28)29-13-19(27)25-22(3,4)11-16(26)12-23(25,5)6/h7-10H,11-13H2,1-6H3. The maximum Gasteiger partial charge on any atom is 0.340 e. The van der Waals surface area contributed by atoms with Crippen molar-refractivity contribution in [3.63, 3.8) is 0 Å². The molecule has 1 aromatic carbocycles. The topological polar surface area (TPSA) is 76.6 Å². The fourth-order valence-corrected chi connectivity index (χ4v) is 4.78. The summed E-state index contributed by atoms with van der Waals surface area (Å²) in [5, 5.41) is 0.883. The first-order valence-corrected chi connectivity index (χ1v) is 9.82. The number of hydrogen-bond donors (Lipinski definition) is 0. The van der Waals surface area contributed by atoms with Crippen LogP contribution < -0.4 is 0 Å². The Kier molecular flexibility index (Phi) is 5.24. The average Bonchev–Trinajstić information content (AvgIpc) is 2.57. The SMILES string of the molecule is Cc1nc2ccccc2c(C)c1C(=O)OCC(=O)N1C(C)(C)CC(=O)CC1(C)C. The minimum Gasteiger partial charge on any atom is -0.452 e. The number of benzene rings is 1. The molecule has 1 aliphatic heterocycles. The third-order valence-electron chi connectivity index (χ3n) is 5.58. The van der Waals surface area contributed by atoms with Gasteiger partial charge >= 0.3 is 5.97 Å². The number of hydrogen-bond acceptors (Lipinski definition) is 5. The second kappa shape index (κ2) is 7.25. The van der Waals surface area contributed by atoms with Gasteiger partial charge in [-0.2, -0.15) is 0 Å². The fraction of sp³-hybridized carbons (Fsp3) is 0.478. The van der Waals surface area contributed by atoms with Gasteiger partial charge in [-0.15, -0.1) is 0 Å².